The molecule has 0 N–H and O–H groups in total. The second-order valence-electron chi connectivity index (χ2n) is 3.37. The van der Waals surface area contributed by atoms with Crippen molar-refractivity contribution in [3.63, 3.8) is 0 Å². The Bertz CT molecular complexity index is 652. The molecule has 1 aromatic carbocycles. The summed E-state index contributed by atoms with van der Waals surface area (Å²) in [7, 11) is 0. The van der Waals surface area contributed by atoms with Crippen molar-refractivity contribution in [1.29, 1.82) is 0 Å². The van der Waals surface area contributed by atoms with Gasteiger partial charge in [-0.1, -0.05) is 29.3 Å². The van der Waals surface area contributed by atoms with Gasteiger partial charge in [-0.2, -0.15) is 4.98 Å². The highest BCUT2D eigenvalue weighted by Gasteiger charge is 2.20. The van der Waals surface area contributed by atoms with Crippen molar-refractivity contribution >= 4 is 28.9 Å². The molecule has 0 saturated heterocycles. The fourth-order valence-electron chi connectivity index (χ4n) is 1.29. The average Bonchev–Trinajstić information content (AvgIpc) is 2.35. The average molecular weight is 303 g/mol. The maximum Gasteiger partial charge on any atom is 0.331 e. The molecular formula is C11H5Cl2FN2O3. The van der Waals surface area contributed by atoms with Gasteiger partial charge in [0.1, 0.15) is 5.15 Å². The molecule has 8 heteroatoms. The standard InChI is InChI=1S/C11H5Cl2FN2O3/c12-6-2-1-3-8(10(6)14)19-11-7(16(17)18)4-5-9(13)15-11/h1-5H. The molecule has 0 saturated carbocycles. The lowest BCUT2D eigenvalue weighted by atomic mass is 10.3. The molecule has 0 aliphatic rings. The number of hydrogen-bond donors (Lipinski definition) is 0. The molecule has 1 aromatic heterocycles. The summed E-state index contributed by atoms with van der Waals surface area (Å²) < 4.78 is 18.7. The van der Waals surface area contributed by atoms with Crippen LogP contribution < -0.4 is 4.74 Å². The van der Waals surface area contributed by atoms with Crippen LogP contribution in [0.5, 0.6) is 11.6 Å². The molecule has 19 heavy (non-hydrogen) atoms. The van der Waals surface area contributed by atoms with E-state index in [4.69, 9.17) is 27.9 Å². The molecule has 0 aliphatic carbocycles. The summed E-state index contributed by atoms with van der Waals surface area (Å²) in [6.45, 7) is 0. The van der Waals surface area contributed by atoms with Gasteiger partial charge in [-0.25, -0.2) is 4.39 Å². The van der Waals surface area contributed by atoms with Crippen LogP contribution in [0.3, 0.4) is 0 Å². The molecule has 0 bridgehead atoms. The van der Waals surface area contributed by atoms with Crippen molar-refractivity contribution in [2.24, 2.45) is 0 Å². The first kappa shape index (κ1) is 13.5. The van der Waals surface area contributed by atoms with Crippen molar-refractivity contribution in [2.45, 2.75) is 0 Å². The molecule has 1 heterocycles. The number of rotatable bonds is 3. The lowest BCUT2D eigenvalue weighted by Gasteiger charge is -2.07. The first-order valence-electron chi connectivity index (χ1n) is 4.92. The molecule has 0 fully saturated rings. The zero-order valence-corrected chi connectivity index (χ0v) is 10.7. The maximum absolute atomic E-state index is 13.6. The van der Waals surface area contributed by atoms with E-state index in [0.717, 1.165) is 6.07 Å². The smallest absolute Gasteiger partial charge is 0.331 e. The van der Waals surface area contributed by atoms with Crippen molar-refractivity contribution in [3.8, 4) is 11.6 Å². The minimum absolute atomic E-state index is 0.0111. The van der Waals surface area contributed by atoms with Gasteiger partial charge in [-0.15, -0.1) is 0 Å². The molecule has 0 amide bonds. The van der Waals surface area contributed by atoms with Crippen molar-refractivity contribution < 1.29 is 14.1 Å². The third-order valence-corrected chi connectivity index (χ3v) is 2.63. The molecule has 5 nitrogen and oxygen atoms in total. The summed E-state index contributed by atoms with van der Waals surface area (Å²) >= 11 is 11.2. The normalized spacial score (nSPS) is 10.3. The molecule has 2 aromatic rings. The van der Waals surface area contributed by atoms with Crippen LogP contribution in [0.4, 0.5) is 10.1 Å². The molecule has 0 spiro atoms. The zero-order valence-electron chi connectivity index (χ0n) is 9.14. The number of nitrogens with zero attached hydrogens (tertiary/aromatic N) is 2. The predicted octanol–water partition coefficient (Wildman–Crippen LogP) is 4.23. The van der Waals surface area contributed by atoms with Crippen molar-refractivity contribution in [2.75, 3.05) is 0 Å². The Morgan fingerprint density at radius 2 is 2.00 bits per heavy atom. The second kappa shape index (κ2) is 5.38. The van der Waals surface area contributed by atoms with Crippen LogP contribution in [0.2, 0.25) is 10.2 Å². The molecular weight excluding hydrogens is 298 g/mol. The molecule has 2 rings (SSSR count). The highest BCUT2D eigenvalue weighted by atomic mass is 35.5. The summed E-state index contributed by atoms with van der Waals surface area (Å²) in [5.41, 5.74) is -0.427. The number of nitro groups is 1. The van der Waals surface area contributed by atoms with Gasteiger partial charge in [0.05, 0.1) is 9.95 Å². The van der Waals surface area contributed by atoms with Crippen molar-refractivity contribution in [3.05, 3.63) is 56.4 Å². The quantitative estimate of drug-likeness (QED) is 0.483. The number of benzene rings is 1. The highest BCUT2D eigenvalue weighted by Crippen LogP contribution is 2.33. The number of hydrogen-bond acceptors (Lipinski definition) is 4. The number of pyridine rings is 1. The highest BCUT2D eigenvalue weighted by molar-refractivity contribution is 6.30. The van der Waals surface area contributed by atoms with E-state index in [1.54, 1.807) is 0 Å². The summed E-state index contributed by atoms with van der Waals surface area (Å²) in [5, 5.41) is 10.6. The number of halogens is 3. The fourth-order valence-corrected chi connectivity index (χ4v) is 1.60. The Hall–Kier alpha value is -1.92. The van der Waals surface area contributed by atoms with E-state index in [1.165, 1.54) is 24.3 Å². The van der Waals surface area contributed by atoms with E-state index in [9.17, 15) is 14.5 Å². The largest absolute Gasteiger partial charge is 0.430 e. The predicted molar refractivity (Wildman–Crippen MR) is 67.4 cm³/mol. The Balaban J connectivity index is 2.45. The molecule has 0 radical (unpaired) electrons. The Morgan fingerprint density at radius 3 is 2.68 bits per heavy atom. The van der Waals surface area contributed by atoms with Crippen LogP contribution in [-0.4, -0.2) is 9.91 Å². The van der Waals surface area contributed by atoms with Crippen LogP contribution in [0.15, 0.2) is 30.3 Å². The molecule has 98 valence electrons. The monoisotopic (exact) mass is 302 g/mol. The lowest BCUT2D eigenvalue weighted by Crippen LogP contribution is -1.97. The van der Waals surface area contributed by atoms with Crippen LogP contribution in [-0.2, 0) is 0 Å². The van der Waals surface area contributed by atoms with Gasteiger partial charge in [0.25, 0.3) is 0 Å². The topological polar surface area (TPSA) is 65.3 Å². The summed E-state index contributed by atoms with van der Waals surface area (Å²) in [6.07, 6.45) is 0. The van der Waals surface area contributed by atoms with Crippen LogP contribution in [0.1, 0.15) is 0 Å². The minimum Gasteiger partial charge on any atom is -0.430 e. The van der Waals surface area contributed by atoms with Gasteiger partial charge in [0, 0.05) is 6.07 Å². The third kappa shape index (κ3) is 2.91. The van der Waals surface area contributed by atoms with E-state index < -0.39 is 22.3 Å². The van der Waals surface area contributed by atoms with E-state index in [0.29, 0.717) is 0 Å². The summed E-state index contributed by atoms with van der Waals surface area (Å²) in [5.74, 6) is -1.51. The molecule has 0 atom stereocenters. The van der Waals surface area contributed by atoms with Gasteiger partial charge in [0.2, 0.25) is 0 Å². The van der Waals surface area contributed by atoms with Gasteiger partial charge in [-0.3, -0.25) is 10.1 Å². The fraction of sp³-hybridized carbons (Fsp3) is 0. The molecule has 0 aliphatic heterocycles. The SMILES string of the molecule is O=[N+]([O-])c1ccc(Cl)nc1Oc1cccc(Cl)c1F. The van der Waals surface area contributed by atoms with E-state index >= 15 is 0 Å². The Kier molecular flexibility index (Phi) is 3.82. The van der Waals surface area contributed by atoms with E-state index in [-0.39, 0.29) is 15.9 Å². The number of aromatic nitrogens is 1. The van der Waals surface area contributed by atoms with Crippen LogP contribution >= 0.6 is 23.2 Å². The summed E-state index contributed by atoms with van der Waals surface area (Å²) in [4.78, 5) is 13.7. The van der Waals surface area contributed by atoms with Crippen LogP contribution in [0, 0.1) is 15.9 Å². The maximum atomic E-state index is 13.6. The number of ether oxygens (including phenoxy) is 1. The Morgan fingerprint density at radius 1 is 1.26 bits per heavy atom. The second-order valence-corrected chi connectivity index (χ2v) is 4.16. The van der Waals surface area contributed by atoms with Gasteiger partial charge >= 0.3 is 11.6 Å². The first-order valence-corrected chi connectivity index (χ1v) is 5.67. The third-order valence-electron chi connectivity index (χ3n) is 2.13. The van der Waals surface area contributed by atoms with E-state index in [1.807, 2.05) is 0 Å². The zero-order chi connectivity index (χ0) is 14.0. The van der Waals surface area contributed by atoms with Crippen molar-refractivity contribution in [1.82, 2.24) is 4.98 Å². The Labute approximate surface area is 116 Å². The van der Waals surface area contributed by atoms with Gasteiger partial charge < -0.3 is 4.74 Å². The minimum atomic E-state index is -0.833. The van der Waals surface area contributed by atoms with E-state index in [2.05, 4.69) is 4.98 Å². The van der Waals surface area contributed by atoms with Crippen LogP contribution in [0.25, 0.3) is 0 Å². The lowest BCUT2D eigenvalue weighted by molar-refractivity contribution is -0.386. The first-order chi connectivity index (χ1) is 8.99. The van der Waals surface area contributed by atoms with Gasteiger partial charge in [-0.05, 0) is 18.2 Å². The summed E-state index contributed by atoms with van der Waals surface area (Å²) in [6, 6.07) is 6.39. The molecule has 0 unspecified atom stereocenters. The van der Waals surface area contributed by atoms with Gasteiger partial charge in [0.15, 0.2) is 11.6 Å².